The third-order valence-electron chi connectivity index (χ3n) is 1.77. The SMILES string of the molecule is CC(Cc1cc(F)ccc1Br)N=[N+]=[N-]. The Labute approximate surface area is 89.7 Å². The quantitative estimate of drug-likeness (QED) is 0.449. The summed E-state index contributed by atoms with van der Waals surface area (Å²) in [5.74, 6) is -0.281. The van der Waals surface area contributed by atoms with Crippen LogP contribution in [0.5, 0.6) is 0 Å². The molecule has 1 atom stereocenters. The molecule has 1 aromatic carbocycles. The lowest BCUT2D eigenvalue weighted by atomic mass is 10.1. The van der Waals surface area contributed by atoms with Crippen molar-refractivity contribution in [3.05, 3.63) is 44.5 Å². The maximum atomic E-state index is 12.9. The van der Waals surface area contributed by atoms with E-state index in [-0.39, 0.29) is 11.9 Å². The summed E-state index contributed by atoms with van der Waals surface area (Å²) in [6, 6.07) is 4.30. The standard InChI is InChI=1S/C9H9BrFN3/c1-6(13-14-12)4-7-5-8(11)2-3-9(7)10/h2-3,5-6H,4H2,1H3. The van der Waals surface area contributed by atoms with E-state index in [4.69, 9.17) is 5.53 Å². The minimum atomic E-state index is -0.281. The molecule has 0 amide bonds. The Kier molecular flexibility index (Phi) is 3.92. The molecule has 0 aliphatic carbocycles. The first-order valence-electron chi connectivity index (χ1n) is 4.11. The summed E-state index contributed by atoms with van der Waals surface area (Å²) >= 11 is 3.31. The fourth-order valence-corrected chi connectivity index (χ4v) is 1.56. The number of halogens is 2. The molecule has 0 saturated heterocycles. The number of rotatable bonds is 3. The van der Waals surface area contributed by atoms with Gasteiger partial charge < -0.3 is 0 Å². The summed E-state index contributed by atoms with van der Waals surface area (Å²) in [6.07, 6.45) is 0.530. The molecule has 1 unspecified atom stereocenters. The predicted octanol–water partition coefficient (Wildman–Crippen LogP) is 3.83. The van der Waals surface area contributed by atoms with Gasteiger partial charge in [-0.15, -0.1) is 0 Å². The van der Waals surface area contributed by atoms with Gasteiger partial charge in [0.2, 0.25) is 0 Å². The third kappa shape index (κ3) is 3.01. The van der Waals surface area contributed by atoms with Crippen LogP contribution >= 0.6 is 15.9 Å². The second-order valence-corrected chi connectivity index (χ2v) is 3.85. The van der Waals surface area contributed by atoms with Crippen LogP contribution in [0.15, 0.2) is 27.8 Å². The van der Waals surface area contributed by atoms with Crippen LogP contribution in [0.1, 0.15) is 12.5 Å². The second-order valence-electron chi connectivity index (χ2n) is 2.99. The Bertz CT molecular complexity index is 374. The average molecular weight is 258 g/mol. The third-order valence-corrected chi connectivity index (χ3v) is 2.55. The van der Waals surface area contributed by atoms with E-state index in [0.29, 0.717) is 6.42 Å². The average Bonchev–Trinajstić information content (AvgIpc) is 2.12. The summed E-state index contributed by atoms with van der Waals surface area (Å²) in [6.45, 7) is 1.79. The molecule has 0 spiro atoms. The van der Waals surface area contributed by atoms with E-state index in [0.717, 1.165) is 10.0 Å². The summed E-state index contributed by atoms with van der Waals surface area (Å²) in [4.78, 5) is 2.70. The van der Waals surface area contributed by atoms with Crippen molar-refractivity contribution < 1.29 is 4.39 Å². The molecular weight excluding hydrogens is 249 g/mol. The molecule has 0 saturated carbocycles. The van der Waals surface area contributed by atoms with E-state index in [1.807, 2.05) is 0 Å². The van der Waals surface area contributed by atoms with Gasteiger partial charge in [-0.05, 0) is 35.7 Å². The molecule has 1 aromatic rings. The van der Waals surface area contributed by atoms with Gasteiger partial charge in [0.25, 0.3) is 0 Å². The van der Waals surface area contributed by atoms with E-state index in [2.05, 4.69) is 26.0 Å². The Morgan fingerprint density at radius 3 is 3.00 bits per heavy atom. The molecule has 0 aliphatic heterocycles. The molecule has 0 fully saturated rings. The Hall–Kier alpha value is -1.06. The maximum Gasteiger partial charge on any atom is 0.123 e. The molecule has 14 heavy (non-hydrogen) atoms. The molecule has 1 rings (SSSR count). The van der Waals surface area contributed by atoms with Gasteiger partial charge >= 0.3 is 0 Å². The van der Waals surface area contributed by atoms with Gasteiger partial charge in [0.1, 0.15) is 5.82 Å². The molecule has 0 heterocycles. The fraction of sp³-hybridized carbons (Fsp3) is 0.333. The van der Waals surface area contributed by atoms with Crippen LogP contribution in [0.4, 0.5) is 4.39 Å². The summed E-state index contributed by atoms with van der Waals surface area (Å²) in [5, 5.41) is 3.53. The number of hydrogen-bond donors (Lipinski definition) is 0. The van der Waals surface area contributed by atoms with E-state index in [1.54, 1.807) is 13.0 Å². The van der Waals surface area contributed by atoms with Crippen LogP contribution in [0.25, 0.3) is 10.4 Å². The minimum Gasteiger partial charge on any atom is -0.207 e. The zero-order valence-electron chi connectivity index (χ0n) is 7.61. The van der Waals surface area contributed by atoms with Crippen LogP contribution in [-0.2, 0) is 6.42 Å². The van der Waals surface area contributed by atoms with E-state index >= 15 is 0 Å². The zero-order valence-corrected chi connectivity index (χ0v) is 9.20. The van der Waals surface area contributed by atoms with Crippen molar-refractivity contribution in [2.75, 3.05) is 0 Å². The van der Waals surface area contributed by atoms with E-state index < -0.39 is 0 Å². The van der Waals surface area contributed by atoms with Crippen LogP contribution in [0.3, 0.4) is 0 Å². The van der Waals surface area contributed by atoms with Gasteiger partial charge in [0.05, 0.1) is 0 Å². The van der Waals surface area contributed by atoms with Gasteiger partial charge in [-0.25, -0.2) is 4.39 Å². The Balaban J connectivity index is 2.85. The molecule has 0 bridgehead atoms. The first kappa shape index (κ1) is 11.0. The van der Waals surface area contributed by atoms with Crippen molar-refractivity contribution in [3.63, 3.8) is 0 Å². The number of benzene rings is 1. The fourth-order valence-electron chi connectivity index (χ4n) is 1.15. The van der Waals surface area contributed by atoms with Gasteiger partial charge in [-0.3, -0.25) is 0 Å². The van der Waals surface area contributed by atoms with Crippen LogP contribution in [-0.4, -0.2) is 6.04 Å². The molecular formula is C9H9BrFN3. The zero-order chi connectivity index (χ0) is 10.6. The highest BCUT2D eigenvalue weighted by Crippen LogP contribution is 2.19. The molecule has 0 aromatic heterocycles. The topological polar surface area (TPSA) is 48.8 Å². The van der Waals surface area contributed by atoms with Gasteiger partial charge in [-0.1, -0.05) is 28.0 Å². The normalized spacial score (nSPS) is 11.9. The number of nitrogens with zero attached hydrogens (tertiary/aromatic N) is 3. The Morgan fingerprint density at radius 1 is 1.64 bits per heavy atom. The van der Waals surface area contributed by atoms with Crippen LogP contribution < -0.4 is 0 Å². The Morgan fingerprint density at radius 2 is 2.36 bits per heavy atom. The first-order chi connectivity index (χ1) is 6.63. The van der Waals surface area contributed by atoms with Crippen molar-refractivity contribution in [2.45, 2.75) is 19.4 Å². The summed E-state index contributed by atoms with van der Waals surface area (Å²) < 4.78 is 13.7. The van der Waals surface area contributed by atoms with Crippen LogP contribution in [0, 0.1) is 5.82 Å². The van der Waals surface area contributed by atoms with Gasteiger partial charge in [-0.2, -0.15) is 0 Å². The monoisotopic (exact) mass is 257 g/mol. The second kappa shape index (κ2) is 4.98. The van der Waals surface area contributed by atoms with Gasteiger partial charge in [0.15, 0.2) is 0 Å². The largest absolute Gasteiger partial charge is 0.207 e. The molecule has 5 heteroatoms. The summed E-state index contributed by atoms with van der Waals surface area (Å²) in [7, 11) is 0. The molecule has 0 radical (unpaired) electrons. The minimum absolute atomic E-state index is 0.168. The lowest BCUT2D eigenvalue weighted by Gasteiger charge is -2.06. The van der Waals surface area contributed by atoms with Crippen molar-refractivity contribution in [2.24, 2.45) is 5.11 Å². The highest BCUT2D eigenvalue weighted by atomic mass is 79.9. The number of hydrogen-bond acceptors (Lipinski definition) is 1. The van der Waals surface area contributed by atoms with E-state index in [9.17, 15) is 4.39 Å². The number of azide groups is 1. The summed E-state index contributed by atoms with van der Waals surface area (Å²) in [5.41, 5.74) is 9.02. The molecule has 0 aliphatic rings. The van der Waals surface area contributed by atoms with Crippen molar-refractivity contribution in [1.82, 2.24) is 0 Å². The maximum absolute atomic E-state index is 12.9. The highest BCUT2D eigenvalue weighted by molar-refractivity contribution is 9.10. The molecule has 74 valence electrons. The highest BCUT2D eigenvalue weighted by Gasteiger charge is 2.05. The van der Waals surface area contributed by atoms with E-state index in [1.165, 1.54) is 12.1 Å². The van der Waals surface area contributed by atoms with Crippen molar-refractivity contribution >= 4 is 15.9 Å². The van der Waals surface area contributed by atoms with Crippen LogP contribution in [0.2, 0.25) is 0 Å². The van der Waals surface area contributed by atoms with Gasteiger partial charge in [0, 0.05) is 15.4 Å². The molecule has 3 nitrogen and oxygen atoms in total. The van der Waals surface area contributed by atoms with Crippen molar-refractivity contribution in [3.8, 4) is 0 Å². The molecule has 0 N–H and O–H groups in total. The predicted molar refractivity (Wildman–Crippen MR) is 56.4 cm³/mol. The lowest BCUT2D eigenvalue weighted by molar-refractivity contribution is 0.622. The lowest BCUT2D eigenvalue weighted by Crippen LogP contribution is -2.02. The van der Waals surface area contributed by atoms with Crippen molar-refractivity contribution in [1.29, 1.82) is 0 Å². The first-order valence-corrected chi connectivity index (χ1v) is 4.91. The smallest absolute Gasteiger partial charge is 0.123 e.